The van der Waals surface area contributed by atoms with E-state index in [1.54, 1.807) is 19.2 Å². The molecule has 0 aliphatic heterocycles. The van der Waals surface area contributed by atoms with E-state index in [1.165, 1.54) is 6.07 Å². The van der Waals surface area contributed by atoms with Gasteiger partial charge in [0.1, 0.15) is 5.82 Å². The van der Waals surface area contributed by atoms with Crippen molar-refractivity contribution < 1.29 is 13.9 Å². The standard InChI is InChI=1S/C17H20FNO2/c1-4-21-16-8-6-13(10-17(16)20-3)11-19-15-9-12(2)5-7-14(15)18/h5-10,19H,4,11H2,1-3H3. The van der Waals surface area contributed by atoms with Crippen molar-refractivity contribution in [2.24, 2.45) is 0 Å². The van der Waals surface area contributed by atoms with Crippen LogP contribution in [0.25, 0.3) is 0 Å². The van der Waals surface area contributed by atoms with Crippen molar-refractivity contribution in [2.45, 2.75) is 20.4 Å². The second-order valence-electron chi connectivity index (χ2n) is 4.76. The Labute approximate surface area is 124 Å². The van der Waals surface area contributed by atoms with E-state index in [1.807, 2.05) is 32.0 Å². The number of hydrogen-bond acceptors (Lipinski definition) is 3. The highest BCUT2D eigenvalue weighted by Crippen LogP contribution is 2.28. The highest BCUT2D eigenvalue weighted by atomic mass is 19.1. The Morgan fingerprint density at radius 2 is 1.90 bits per heavy atom. The van der Waals surface area contributed by atoms with Crippen molar-refractivity contribution in [3.05, 3.63) is 53.3 Å². The lowest BCUT2D eigenvalue weighted by molar-refractivity contribution is 0.310. The molecular weight excluding hydrogens is 269 g/mol. The van der Waals surface area contributed by atoms with E-state index in [0.29, 0.717) is 30.3 Å². The van der Waals surface area contributed by atoms with Crippen molar-refractivity contribution in [3.63, 3.8) is 0 Å². The van der Waals surface area contributed by atoms with Crippen LogP contribution in [0.5, 0.6) is 11.5 Å². The molecule has 21 heavy (non-hydrogen) atoms. The number of nitrogens with one attached hydrogen (secondary N) is 1. The maximum atomic E-state index is 13.7. The topological polar surface area (TPSA) is 30.5 Å². The first-order valence-corrected chi connectivity index (χ1v) is 6.93. The minimum absolute atomic E-state index is 0.251. The number of hydrogen-bond donors (Lipinski definition) is 1. The van der Waals surface area contributed by atoms with Crippen LogP contribution in [-0.4, -0.2) is 13.7 Å². The SMILES string of the molecule is CCOc1ccc(CNc2cc(C)ccc2F)cc1OC. The van der Waals surface area contributed by atoms with Crippen LogP contribution in [0, 0.1) is 12.7 Å². The Morgan fingerprint density at radius 1 is 1.10 bits per heavy atom. The van der Waals surface area contributed by atoms with E-state index in [9.17, 15) is 4.39 Å². The Bertz CT molecular complexity index is 614. The van der Waals surface area contributed by atoms with Crippen molar-refractivity contribution in [1.82, 2.24) is 0 Å². The number of methoxy groups -OCH3 is 1. The fourth-order valence-electron chi connectivity index (χ4n) is 2.07. The molecule has 2 aromatic carbocycles. The van der Waals surface area contributed by atoms with Crippen molar-refractivity contribution in [2.75, 3.05) is 19.0 Å². The summed E-state index contributed by atoms with van der Waals surface area (Å²) in [6.45, 7) is 4.96. The van der Waals surface area contributed by atoms with E-state index in [2.05, 4.69) is 5.32 Å². The van der Waals surface area contributed by atoms with E-state index < -0.39 is 0 Å². The second-order valence-corrected chi connectivity index (χ2v) is 4.76. The number of anilines is 1. The predicted molar refractivity (Wildman–Crippen MR) is 82.6 cm³/mol. The molecule has 0 unspecified atom stereocenters. The summed E-state index contributed by atoms with van der Waals surface area (Å²) in [4.78, 5) is 0. The van der Waals surface area contributed by atoms with Gasteiger partial charge in [0.2, 0.25) is 0 Å². The first kappa shape index (κ1) is 15.2. The van der Waals surface area contributed by atoms with Crippen molar-refractivity contribution >= 4 is 5.69 Å². The van der Waals surface area contributed by atoms with Crippen LogP contribution in [0.15, 0.2) is 36.4 Å². The number of rotatable bonds is 6. The molecule has 0 amide bonds. The van der Waals surface area contributed by atoms with Crippen LogP contribution in [0.2, 0.25) is 0 Å². The predicted octanol–water partition coefficient (Wildman–Crippen LogP) is 4.15. The van der Waals surface area contributed by atoms with Gasteiger partial charge in [0.05, 0.1) is 19.4 Å². The Kier molecular flexibility index (Phi) is 5.04. The van der Waals surface area contributed by atoms with Crippen LogP contribution < -0.4 is 14.8 Å². The molecule has 0 fully saturated rings. The van der Waals surface area contributed by atoms with Gasteiger partial charge in [-0.2, -0.15) is 0 Å². The lowest BCUT2D eigenvalue weighted by Crippen LogP contribution is -2.03. The smallest absolute Gasteiger partial charge is 0.161 e. The largest absolute Gasteiger partial charge is 0.493 e. The summed E-state index contributed by atoms with van der Waals surface area (Å²) < 4.78 is 24.5. The zero-order valence-electron chi connectivity index (χ0n) is 12.6. The molecule has 0 aromatic heterocycles. The van der Waals surface area contributed by atoms with Crippen LogP contribution >= 0.6 is 0 Å². The van der Waals surface area contributed by atoms with Crippen molar-refractivity contribution in [3.8, 4) is 11.5 Å². The lowest BCUT2D eigenvalue weighted by atomic mass is 10.1. The van der Waals surface area contributed by atoms with Gasteiger partial charge < -0.3 is 14.8 Å². The third-order valence-corrected chi connectivity index (χ3v) is 3.13. The molecule has 112 valence electrons. The monoisotopic (exact) mass is 289 g/mol. The third-order valence-electron chi connectivity index (χ3n) is 3.13. The molecule has 2 rings (SSSR count). The minimum atomic E-state index is -0.251. The van der Waals surface area contributed by atoms with Crippen LogP contribution in [0.1, 0.15) is 18.1 Å². The summed E-state index contributed by atoms with van der Waals surface area (Å²) in [6.07, 6.45) is 0. The van der Waals surface area contributed by atoms with Gasteiger partial charge in [-0.05, 0) is 49.2 Å². The van der Waals surface area contributed by atoms with Gasteiger partial charge in [0, 0.05) is 6.54 Å². The van der Waals surface area contributed by atoms with Crippen LogP contribution in [-0.2, 0) is 6.54 Å². The summed E-state index contributed by atoms with van der Waals surface area (Å²) in [5, 5.41) is 3.10. The summed E-state index contributed by atoms with van der Waals surface area (Å²) >= 11 is 0. The van der Waals surface area contributed by atoms with Gasteiger partial charge in [0.25, 0.3) is 0 Å². The van der Waals surface area contributed by atoms with Crippen LogP contribution in [0.3, 0.4) is 0 Å². The first-order chi connectivity index (χ1) is 10.1. The second kappa shape index (κ2) is 6.97. The molecule has 0 radical (unpaired) electrons. The maximum Gasteiger partial charge on any atom is 0.161 e. The number of benzene rings is 2. The third kappa shape index (κ3) is 3.88. The highest BCUT2D eigenvalue weighted by molar-refractivity contribution is 5.49. The summed E-state index contributed by atoms with van der Waals surface area (Å²) in [6, 6.07) is 10.7. The molecule has 0 heterocycles. The average molecular weight is 289 g/mol. The minimum Gasteiger partial charge on any atom is -0.493 e. The molecular formula is C17H20FNO2. The fraction of sp³-hybridized carbons (Fsp3) is 0.294. The molecule has 1 N–H and O–H groups in total. The van der Waals surface area contributed by atoms with Crippen LogP contribution in [0.4, 0.5) is 10.1 Å². The zero-order valence-corrected chi connectivity index (χ0v) is 12.6. The van der Waals surface area contributed by atoms with E-state index in [4.69, 9.17) is 9.47 Å². The van der Waals surface area contributed by atoms with E-state index >= 15 is 0 Å². The number of aryl methyl sites for hydroxylation is 1. The summed E-state index contributed by atoms with van der Waals surface area (Å²) in [5.74, 6) is 1.14. The average Bonchev–Trinajstić information content (AvgIpc) is 2.49. The van der Waals surface area contributed by atoms with Gasteiger partial charge in [-0.15, -0.1) is 0 Å². The van der Waals surface area contributed by atoms with Crippen molar-refractivity contribution in [1.29, 1.82) is 0 Å². The molecule has 3 nitrogen and oxygen atoms in total. The first-order valence-electron chi connectivity index (χ1n) is 6.93. The zero-order chi connectivity index (χ0) is 15.2. The van der Waals surface area contributed by atoms with E-state index in [-0.39, 0.29) is 5.82 Å². The number of halogens is 1. The molecule has 4 heteroatoms. The fourth-order valence-corrected chi connectivity index (χ4v) is 2.07. The normalized spacial score (nSPS) is 10.3. The number of ether oxygens (including phenoxy) is 2. The molecule has 0 saturated heterocycles. The van der Waals surface area contributed by atoms with Gasteiger partial charge in [-0.25, -0.2) is 4.39 Å². The Balaban J connectivity index is 2.11. The molecule has 2 aromatic rings. The molecule has 0 bridgehead atoms. The highest BCUT2D eigenvalue weighted by Gasteiger charge is 2.06. The van der Waals surface area contributed by atoms with E-state index in [0.717, 1.165) is 11.1 Å². The van der Waals surface area contributed by atoms with Gasteiger partial charge >= 0.3 is 0 Å². The Morgan fingerprint density at radius 3 is 2.62 bits per heavy atom. The molecule has 0 aliphatic rings. The summed E-state index contributed by atoms with van der Waals surface area (Å²) in [5.41, 5.74) is 2.52. The van der Waals surface area contributed by atoms with Gasteiger partial charge in [-0.1, -0.05) is 12.1 Å². The molecule has 0 spiro atoms. The molecule has 0 saturated carbocycles. The van der Waals surface area contributed by atoms with Gasteiger partial charge in [0.15, 0.2) is 11.5 Å². The van der Waals surface area contributed by atoms with Gasteiger partial charge in [-0.3, -0.25) is 0 Å². The lowest BCUT2D eigenvalue weighted by Gasteiger charge is -2.12. The molecule has 0 aliphatic carbocycles. The quantitative estimate of drug-likeness (QED) is 0.866. The Hall–Kier alpha value is -2.23. The molecule has 0 atom stereocenters. The summed E-state index contributed by atoms with van der Waals surface area (Å²) in [7, 11) is 1.61. The maximum absolute atomic E-state index is 13.7.